The molecule has 7 heteroatoms. The molecule has 132 valence electrons. The zero-order valence-electron chi connectivity index (χ0n) is 14.4. The lowest BCUT2D eigenvalue weighted by Crippen LogP contribution is -2.46. The third-order valence-corrected chi connectivity index (χ3v) is 4.37. The molecule has 1 aromatic heterocycles. The van der Waals surface area contributed by atoms with E-state index in [-0.39, 0.29) is 18.4 Å². The van der Waals surface area contributed by atoms with Gasteiger partial charge in [-0.25, -0.2) is 4.98 Å². The first-order valence-electron chi connectivity index (χ1n) is 7.86. The first kappa shape index (κ1) is 18.6. The highest BCUT2D eigenvalue weighted by molar-refractivity contribution is 5.85. The molecule has 1 saturated heterocycles. The molecule has 0 bridgehead atoms. The molecule has 1 aromatic carbocycles. The summed E-state index contributed by atoms with van der Waals surface area (Å²) in [6.07, 6.45) is 3.85. The van der Waals surface area contributed by atoms with Gasteiger partial charge in [0.25, 0.3) is 0 Å². The number of aromatic nitrogens is 2. The Balaban J connectivity index is 0.00000208. The monoisotopic (exact) mass is 352 g/mol. The molecule has 0 saturated carbocycles. The lowest BCUT2D eigenvalue weighted by molar-refractivity contribution is 0.143. The van der Waals surface area contributed by atoms with Crippen LogP contribution in [0, 0.1) is 0 Å². The van der Waals surface area contributed by atoms with Crippen LogP contribution in [0.3, 0.4) is 0 Å². The van der Waals surface area contributed by atoms with Crippen molar-refractivity contribution in [2.75, 3.05) is 33.9 Å². The van der Waals surface area contributed by atoms with Crippen LogP contribution in [-0.4, -0.2) is 48.3 Å². The summed E-state index contributed by atoms with van der Waals surface area (Å²) in [4.78, 5) is 6.97. The van der Waals surface area contributed by atoms with Gasteiger partial charge in [0, 0.05) is 51.2 Å². The van der Waals surface area contributed by atoms with E-state index in [1.54, 1.807) is 14.2 Å². The van der Waals surface area contributed by atoms with Gasteiger partial charge in [-0.15, -0.1) is 12.4 Å². The molecule has 0 amide bonds. The quantitative estimate of drug-likeness (QED) is 0.892. The van der Waals surface area contributed by atoms with Crippen LogP contribution in [0.4, 0.5) is 0 Å². The van der Waals surface area contributed by atoms with E-state index in [1.807, 2.05) is 31.6 Å². The molecule has 24 heavy (non-hydrogen) atoms. The SMILES string of the molecule is COc1ccc(OC)c(CN2CCNCC2c2nccn2C)c1.Cl. The fourth-order valence-corrected chi connectivity index (χ4v) is 3.11. The molecule has 1 unspecified atom stereocenters. The van der Waals surface area contributed by atoms with E-state index in [2.05, 4.69) is 25.8 Å². The van der Waals surface area contributed by atoms with Crippen LogP contribution in [0.25, 0.3) is 0 Å². The number of piperazine rings is 1. The van der Waals surface area contributed by atoms with Crippen LogP contribution in [-0.2, 0) is 13.6 Å². The Morgan fingerprint density at radius 3 is 2.79 bits per heavy atom. The maximum atomic E-state index is 5.52. The molecular formula is C17H25ClN4O2. The summed E-state index contributed by atoms with van der Waals surface area (Å²) >= 11 is 0. The highest BCUT2D eigenvalue weighted by atomic mass is 35.5. The van der Waals surface area contributed by atoms with Gasteiger partial charge in [0.15, 0.2) is 0 Å². The largest absolute Gasteiger partial charge is 0.497 e. The molecule has 0 spiro atoms. The Kier molecular flexibility index (Phi) is 6.48. The van der Waals surface area contributed by atoms with E-state index in [0.717, 1.165) is 49.1 Å². The molecule has 2 heterocycles. The standard InChI is InChI=1S/C17H24N4O2.ClH/c1-20-8-7-19-17(20)15-11-18-6-9-21(15)12-13-10-14(22-2)4-5-16(13)23-3;/h4-5,7-8,10,15,18H,6,9,11-12H2,1-3H3;1H. The van der Waals surface area contributed by atoms with Crippen LogP contribution in [0.5, 0.6) is 11.5 Å². The number of hydrogen-bond donors (Lipinski definition) is 1. The Morgan fingerprint density at radius 1 is 1.29 bits per heavy atom. The molecule has 1 aliphatic heterocycles. The smallest absolute Gasteiger partial charge is 0.127 e. The highest BCUT2D eigenvalue weighted by Gasteiger charge is 2.27. The number of nitrogens with zero attached hydrogens (tertiary/aromatic N) is 3. The van der Waals surface area contributed by atoms with Crippen LogP contribution in [0.2, 0.25) is 0 Å². The van der Waals surface area contributed by atoms with Crippen LogP contribution >= 0.6 is 12.4 Å². The molecule has 1 atom stereocenters. The molecular weight excluding hydrogens is 328 g/mol. The third kappa shape index (κ3) is 3.83. The molecule has 2 aromatic rings. The first-order chi connectivity index (χ1) is 11.2. The van der Waals surface area contributed by atoms with E-state index >= 15 is 0 Å². The Morgan fingerprint density at radius 2 is 2.12 bits per heavy atom. The second kappa shape index (κ2) is 8.37. The average Bonchev–Trinajstić information content (AvgIpc) is 3.01. The second-order valence-electron chi connectivity index (χ2n) is 5.76. The van der Waals surface area contributed by atoms with Gasteiger partial charge < -0.3 is 19.4 Å². The van der Waals surface area contributed by atoms with Crippen molar-refractivity contribution in [3.8, 4) is 11.5 Å². The lowest BCUT2D eigenvalue weighted by atomic mass is 10.1. The van der Waals surface area contributed by atoms with E-state index < -0.39 is 0 Å². The van der Waals surface area contributed by atoms with Crippen molar-refractivity contribution >= 4 is 12.4 Å². The maximum absolute atomic E-state index is 5.52. The van der Waals surface area contributed by atoms with E-state index in [4.69, 9.17) is 9.47 Å². The normalized spacial score (nSPS) is 18.0. The number of methoxy groups -OCH3 is 2. The Hall–Kier alpha value is -1.76. The lowest BCUT2D eigenvalue weighted by Gasteiger charge is -2.36. The summed E-state index contributed by atoms with van der Waals surface area (Å²) in [6, 6.07) is 6.19. The fourth-order valence-electron chi connectivity index (χ4n) is 3.11. The molecule has 3 rings (SSSR count). The number of hydrogen-bond acceptors (Lipinski definition) is 5. The molecule has 0 radical (unpaired) electrons. The van der Waals surface area contributed by atoms with E-state index in [9.17, 15) is 0 Å². The van der Waals surface area contributed by atoms with Crippen molar-refractivity contribution in [1.29, 1.82) is 0 Å². The van der Waals surface area contributed by atoms with Gasteiger partial charge in [-0.05, 0) is 18.2 Å². The number of benzene rings is 1. The minimum absolute atomic E-state index is 0. The van der Waals surface area contributed by atoms with Crippen molar-refractivity contribution in [3.05, 3.63) is 42.0 Å². The predicted molar refractivity (Wildman–Crippen MR) is 96.0 cm³/mol. The predicted octanol–water partition coefficient (Wildman–Crippen LogP) is 2.01. The average molecular weight is 353 g/mol. The number of imidazole rings is 1. The van der Waals surface area contributed by atoms with Gasteiger partial charge in [0.2, 0.25) is 0 Å². The Labute approximate surface area is 149 Å². The number of nitrogens with one attached hydrogen (secondary N) is 1. The van der Waals surface area contributed by atoms with E-state index in [1.165, 1.54) is 0 Å². The summed E-state index contributed by atoms with van der Waals surface area (Å²) in [7, 11) is 5.44. The van der Waals surface area contributed by atoms with Crippen LogP contribution in [0.15, 0.2) is 30.6 Å². The molecule has 1 fully saturated rings. The molecule has 0 aliphatic carbocycles. The second-order valence-corrected chi connectivity index (χ2v) is 5.76. The first-order valence-corrected chi connectivity index (χ1v) is 7.86. The van der Waals surface area contributed by atoms with Crippen LogP contribution in [0.1, 0.15) is 17.4 Å². The van der Waals surface area contributed by atoms with Gasteiger partial charge in [-0.1, -0.05) is 0 Å². The van der Waals surface area contributed by atoms with Gasteiger partial charge in [-0.3, -0.25) is 4.90 Å². The number of ether oxygens (including phenoxy) is 2. The summed E-state index contributed by atoms with van der Waals surface area (Å²) in [5.74, 6) is 2.83. The van der Waals surface area contributed by atoms with Crippen molar-refractivity contribution < 1.29 is 9.47 Å². The zero-order chi connectivity index (χ0) is 16.2. The topological polar surface area (TPSA) is 51.6 Å². The Bertz CT molecular complexity index is 662. The third-order valence-electron chi connectivity index (χ3n) is 4.37. The van der Waals surface area contributed by atoms with Crippen molar-refractivity contribution in [2.24, 2.45) is 7.05 Å². The summed E-state index contributed by atoms with van der Waals surface area (Å²) in [5, 5.41) is 3.47. The van der Waals surface area contributed by atoms with Crippen molar-refractivity contribution in [3.63, 3.8) is 0 Å². The van der Waals surface area contributed by atoms with Crippen LogP contribution < -0.4 is 14.8 Å². The van der Waals surface area contributed by atoms with Gasteiger partial charge >= 0.3 is 0 Å². The summed E-state index contributed by atoms with van der Waals surface area (Å²) in [5.41, 5.74) is 1.13. The number of aryl methyl sites for hydroxylation is 1. The minimum Gasteiger partial charge on any atom is -0.497 e. The number of rotatable bonds is 5. The minimum atomic E-state index is 0. The molecule has 6 nitrogen and oxygen atoms in total. The van der Waals surface area contributed by atoms with E-state index in [0.29, 0.717) is 0 Å². The van der Waals surface area contributed by atoms with Gasteiger partial charge in [0.05, 0.1) is 20.3 Å². The van der Waals surface area contributed by atoms with Crippen molar-refractivity contribution in [2.45, 2.75) is 12.6 Å². The summed E-state index contributed by atoms with van der Waals surface area (Å²) in [6.45, 7) is 3.65. The fraction of sp³-hybridized carbons (Fsp3) is 0.471. The highest BCUT2D eigenvalue weighted by Crippen LogP contribution is 2.29. The molecule has 1 N–H and O–H groups in total. The van der Waals surface area contributed by atoms with Gasteiger partial charge in [0.1, 0.15) is 17.3 Å². The van der Waals surface area contributed by atoms with Crippen molar-refractivity contribution in [1.82, 2.24) is 19.8 Å². The zero-order valence-corrected chi connectivity index (χ0v) is 15.2. The maximum Gasteiger partial charge on any atom is 0.127 e. The molecule has 1 aliphatic rings. The summed E-state index contributed by atoms with van der Waals surface area (Å²) < 4.78 is 13.0. The number of halogens is 1. The van der Waals surface area contributed by atoms with Gasteiger partial charge in [-0.2, -0.15) is 0 Å².